The van der Waals surface area contributed by atoms with Gasteiger partial charge in [0.05, 0.1) is 12.8 Å². The van der Waals surface area contributed by atoms with Crippen LogP contribution in [0, 0.1) is 11.6 Å². The molecule has 2 amide bonds. The van der Waals surface area contributed by atoms with Crippen molar-refractivity contribution in [2.75, 3.05) is 12.1 Å². The SMILES string of the molecule is COc1ccc(C(C(=O)NN(C(C)=O)c2ccccc2)(c2ccc(F)cc2)c2ccc(F)cc2)cc1. The Morgan fingerprint density at radius 1 is 0.722 bits per heavy atom. The lowest BCUT2D eigenvalue weighted by Crippen LogP contribution is -2.54. The second-order valence-corrected chi connectivity index (χ2v) is 8.12. The van der Waals surface area contributed by atoms with Crippen LogP contribution in [-0.4, -0.2) is 18.9 Å². The fourth-order valence-corrected chi connectivity index (χ4v) is 4.22. The van der Waals surface area contributed by atoms with Crippen molar-refractivity contribution in [3.05, 3.63) is 131 Å². The molecule has 0 saturated carbocycles. The summed E-state index contributed by atoms with van der Waals surface area (Å²) in [5.74, 6) is -1.39. The number of benzene rings is 4. The Balaban J connectivity index is 1.97. The van der Waals surface area contributed by atoms with Crippen molar-refractivity contribution in [2.45, 2.75) is 12.3 Å². The molecule has 36 heavy (non-hydrogen) atoms. The van der Waals surface area contributed by atoms with E-state index >= 15 is 0 Å². The number of carbonyl (C=O) groups excluding carboxylic acids is 2. The van der Waals surface area contributed by atoms with Gasteiger partial charge in [0.25, 0.3) is 5.91 Å². The molecule has 0 heterocycles. The first kappa shape index (κ1) is 24.6. The molecule has 4 aromatic carbocycles. The first-order valence-electron chi connectivity index (χ1n) is 11.2. The molecule has 0 atom stereocenters. The second-order valence-electron chi connectivity index (χ2n) is 8.12. The van der Waals surface area contributed by atoms with Crippen molar-refractivity contribution >= 4 is 17.5 Å². The van der Waals surface area contributed by atoms with Gasteiger partial charge in [-0.3, -0.25) is 15.0 Å². The van der Waals surface area contributed by atoms with Gasteiger partial charge in [0.2, 0.25) is 5.91 Å². The van der Waals surface area contributed by atoms with Gasteiger partial charge in [0, 0.05) is 6.92 Å². The molecule has 4 aromatic rings. The van der Waals surface area contributed by atoms with Gasteiger partial charge in [-0.1, -0.05) is 54.6 Å². The lowest BCUT2D eigenvalue weighted by Gasteiger charge is -2.36. The Hall–Kier alpha value is -4.52. The summed E-state index contributed by atoms with van der Waals surface area (Å²) < 4.78 is 33.2. The van der Waals surface area contributed by atoms with E-state index < -0.39 is 28.9 Å². The van der Waals surface area contributed by atoms with E-state index in [2.05, 4.69) is 5.43 Å². The predicted molar refractivity (Wildman–Crippen MR) is 133 cm³/mol. The van der Waals surface area contributed by atoms with Gasteiger partial charge in [-0.05, 0) is 65.2 Å². The lowest BCUT2D eigenvalue weighted by atomic mass is 9.68. The number of rotatable bonds is 6. The van der Waals surface area contributed by atoms with Gasteiger partial charge in [-0.2, -0.15) is 0 Å². The molecule has 0 aliphatic carbocycles. The van der Waals surface area contributed by atoms with Crippen LogP contribution in [-0.2, 0) is 15.0 Å². The van der Waals surface area contributed by atoms with E-state index in [1.165, 1.54) is 62.6 Å². The first-order chi connectivity index (χ1) is 17.4. The van der Waals surface area contributed by atoms with Crippen LogP contribution in [0.3, 0.4) is 0 Å². The maximum absolute atomic E-state index is 14.4. The van der Waals surface area contributed by atoms with Crippen molar-refractivity contribution in [3.63, 3.8) is 0 Å². The van der Waals surface area contributed by atoms with Gasteiger partial charge in [-0.15, -0.1) is 0 Å². The van der Waals surface area contributed by atoms with Crippen molar-refractivity contribution in [3.8, 4) is 5.75 Å². The Morgan fingerprint density at radius 3 is 1.58 bits per heavy atom. The molecule has 0 aliphatic rings. The summed E-state index contributed by atoms with van der Waals surface area (Å²) in [6.45, 7) is 1.33. The largest absolute Gasteiger partial charge is 0.497 e. The molecule has 0 fully saturated rings. The zero-order chi connectivity index (χ0) is 25.7. The van der Waals surface area contributed by atoms with Crippen LogP contribution in [0.5, 0.6) is 5.75 Å². The number of nitrogens with one attached hydrogen (secondary N) is 1. The van der Waals surface area contributed by atoms with E-state index in [1.807, 2.05) is 0 Å². The highest BCUT2D eigenvalue weighted by Crippen LogP contribution is 2.40. The van der Waals surface area contributed by atoms with Crippen molar-refractivity contribution < 1.29 is 23.1 Å². The van der Waals surface area contributed by atoms with E-state index in [0.717, 1.165) is 5.01 Å². The molecule has 182 valence electrons. The monoisotopic (exact) mass is 486 g/mol. The molecule has 7 heteroatoms. The predicted octanol–water partition coefficient (Wildman–Crippen LogP) is 5.39. The molecule has 0 saturated heterocycles. The third kappa shape index (κ3) is 4.68. The molecule has 5 nitrogen and oxygen atoms in total. The fraction of sp³-hybridized carbons (Fsp3) is 0.103. The highest BCUT2D eigenvalue weighted by Gasteiger charge is 2.45. The maximum Gasteiger partial charge on any atom is 0.258 e. The summed E-state index contributed by atoms with van der Waals surface area (Å²) >= 11 is 0. The third-order valence-electron chi connectivity index (χ3n) is 5.96. The molecule has 0 radical (unpaired) electrons. The number of amides is 2. The van der Waals surface area contributed by atoms with Crippen LogP contribution in [0.15, 0.2) is 103 Å². The van der Waals surface area contributed by atoms with Crippen molar-refractivity contribution in [1.82, 2.24) is 5.43 Å². The number of para-hydroxylation sites is 1. The Bertz CT molecular complexity index is 1290. The molecule has 1 N–H and O–H groups in total. The topological polar surface area (TPSA) is 58.6 Å². The number of ether oxygens (including phenoxy) is 1. The summed E-state index contributed by atoms with van der Waals surface area (Å²) in [6.07, 6.45) is 0. The molecular weight excluding hydrogens is 462 g/mol. The summed E-state index contributed by atoms with van der Waals surface area (Å²) in [7, 11) is 1.53. The minimum Gasteiger partial charge on any atom is -0.497 e. The molecule has 0 unspecified atom stereocenters. The van der Waals surface area contributed by atoms with Gasteiger partial charge >= 0.3 is 0 Å². The number of methoxy groups -OCH3 is 1. The number of halogens is 2. The average molecular weight is 487 g/mol. The van der Waals surface area contributed by atoms with E-state index in [-0.39, 0.29) is 0 Å². The fourth-order valence-electron chi connectivity index (χ4n) is 4.22. The number of hydrogen-bond acceptors (Lipinski definition) is 3. The molecule has 4 rings (SSSR count). The smallest absolute Gasteiger partial charge is 0.258 e. The zero-order valence-electron chi connectivity index (χ0n) is 19.7. The summed E-state index contributed by atoms with van der Waals surface area (Å²) in [5.41, 5.74) is 3.00. The quantitative estimate of drug-likeness (QED) is 0.294. The van der Waals surface area contributed by atoms with Crippen LogP contribution >= 0.6 is 0 Å². The van der Waals surface area contributed by atoms with E-state index in [4.69, 9.17) is 4.74 Å². The summed E-state index contributed by atoms with van der Waals surface area (Å²) in [6, 6.07) is 26.5. The number of nitrogens with zero attached hydrogens (tertiary/aromatic N) is 1. The average Bonchev–Trinajstić information content (AvgIpc) is 2.90. The number of anilines is 1. The molecule has 0 bridgehead atoms. The molecule has 0 spiro atoms. The van der Waals surface area contributed by atoms with Crippen LogP contribution in [0.2, 0.25) is 0 Å². The Labute approximate surface area is 207 Å². The third-order valence-corrected chi connectivity index (χ3v) is 5.96. The Morgan fingerprint density at radius 2 is 1.17 bits per heavy atom. The highest BCUT2D eigenvalue weighted by molar-refractivity contribution is 6.01. The summed E-state index contributed by atoms with van der Waals surface area (Å²) in [4.78, 5) is 26.9. The normalized spacial score (nSPS) is 11.0. The van der Waals surface area contributed by atoms with Crippen molar-refractivity contribution in [2.24, 2.45) is 0 Å². The summed E-state index contributed by atoms with van der Waals surface area (Å²) in [5, 5.41) is 1.15. The lowest BCUT2D eigenvalue weighted by molar-refractivity contribution is -0.127. The van der Waals surface area contributed by atoms with E-state index in [0.29, 0.717) is 28.1 Å². The first-order valence-corrected chi connectivity index (χ1v) is 11.2. The standard InChI is InChI=1S/C29H24F2N2O3/c1-20(34)33(26-6-4-3-5-7-26)32-28(35)29(21-8-14-24(30)15-9-21,22-10-16-25(31)17-11-22)23-12-18-27(36-2)19-13-23/h3-19H,1-2H3,(H,32,35). The Kier molecular flexibility index (Phi) is 7.10. The van der Waals surface area contributed by atoms with Crippen LogP contribution in [0.4, 0.5) is 14.5 Å². The van der Waals surface area contributed by atoms with Crippen LogP contribution < -0.4 is 15.2 Å². The van der Waals surface area contributed by atoms with Crippen LogP contribution in [0.1, 0.15) is 23.6 Å². The van der Waals surface area contributed by atoms with Gasteiger partial charge in [0.15, 0.2) is 0 Å². The second kappa shape index (κ2) is 10.4. The number of carbonyl (C=O) groups is 2. The molecule has 0 aromatic heterocycles. The van der Waals surface area contributed by atoms with Gasteiger partial charge in [0.1, 0.15) is 22.8 Å². The van der Waals surface area contributed by atoms with Crippen molar-refractivity contribution in [1.29, 1.82) is 0 Å². The number of hydrogen-bond donors (Lipinski definition) is 1. The minimum atomic E-state index is -1.57. The maximum atomic E-state index is 14.4. The van der Waals surface area contributed by atoms with E-state index in [1.54, 1.807) is 54.6 Å². The van der Waals surface area contributed by atoms with Gasteiger partial charge in [-0.25, -0.2) is 13.8 Å². The number of hydrazine groups is 1. The molecular formula is C29H24F2N2O3. The molecule has 0 aliphatic heterocycles. The zero-order valence-corrected chi connectivity index (χ0v) is 19.7. The van der Waals surface area contributed by atoms with Gasteiger partial charge < -0.3 is 4.74 Å². The van der Waals surface area contributed by atoms with Crippen LogP contribution in [0.25, 0.3) is 0 Å². The highest BCUT2D eigenvalue weighted by atomic mass is 19.1. The minimum absolute atomic E-state index is 0.420. The van der Waals surface area contributed by atoms with E-state index in [9.17, 15) is 18.4 Å².